The van der Waals surface area contributed by atoms with Crippen LogP contribution in [0.5, 0.6) is 5.75 Å². The molecule has 0 heterocycles. The van der Waals surface area contributed by atoms with Crippen LogP contribution >= 0.6 is 0 Å². The van der Waals surface area contributed by atoms with Crippen LogP contribution in [0.15, 0.2) is 35.9 Å². The van der Waals surface area contributed by atoms with E-state index in [1.165, 1.54) is 25.7 Å². The van der Waals surface area contributed by atoms with Crippen LogP contribution in [0.3, 0.4) is 0 Å². The number of carbonyl (C=O) groups is 1. The molecule has 3 N–H and O–H groups in total. The lowest BCUT2D eigenvalue weighted by molar-refractivity contribution is -0.220. The number of aliphatic hydroxyl groups is 2. The van der Waals surface area contributed by atoms with E-state index in [0.29, 0.717) is 36.7 Å². The fourth-order valence-corrected chi connectivity index (χ4v) is 12.1. The molecule has 0 aliphatic heterocycles. The highest BCUT2D eigenvalue weighted by Gasteiger charge is 2.69. The molecular formula is C40H60O6. The minimum Gasteiger partial charge on any atom is -0.494 e. The summed E-state index contributed by atoms with van der Waals surface area (Å²) in [5.74, 6) is 1.16. The number of hydrogen-bond donors (Lipinski definition) is 3. The van der Waals surface area contributed by atoms with Crippen LogP contribution < -0.4 is 4.74 Å². The fourth-order valence-electron chi connectivity index (χ4n) is 12.1. The number of rotatable bonds is 8. The van der Waals surface area contributed by atoms with Gasteiger partial charge in [0.1, 0.15) is 5.75 Å². The van der Waals surface area contributed by atoms with Crippen LogP contribution in [-0.4, -0.2) is 53.3 Å². The van der Waals surface area contributed by atoms with E-state index in [2.05, 4.69) is 54.5 Å². The van der Waals surface area contributed by atoms with Gasteiger partial charge in [0.15, 0.2) is 0 Å². The Balaban J connectivity index is 1.19. The smallest absolute Gasteiger partial charge is 0.335 e. The van der Waals surface area contributed by atoms with Crippen LogP contribution in [0.2, 0.25) is 0 Å². The number of carboxylic acids is 1. The summed E-state index contributed by atoms with van der Waals surface area (Å²) in [5.41, 5.74) is 2.30. The van der Waals surface area contributed by atoms with Crippen molar-refractivity contribution in [2.45, 2.75) is 125 Å². The Morgan fingerprint density at radius 1 is 0.870 bits per heavy atom. The van der Waals surface area contributed by atoms with Gasteiger partial charge < -0.3 is 24.8 Å². The van der Waals surface area contributed by atoms with E-state index in [1.54, 1.807) is 29.8 Å². The lowest BCUT2D eigenvalue weighted by Gasteiger charge is -2.71. The molecule has 5 aliphatic carbocycles. The molecule has 0 radical (unpaired) electrons. The number of aliphatic hydroxyl groups excluding tert-OH is 2. The number of fused-ring (bicyclic) bond motifs is 7. The maximum atomic E-state index is 11.1. The third-order valence-corrected chi connectivity index (χ3v) is 15.2. The number of aromatic carboxylic acids is 1. The van der Waals surface area contributed by atoms with E-state index in [1.807, 2.05) is 0 Å². The van der Waals surface area contributed by atoms with E-state index in [9.17, 15) is 15.0 Å². The average molecular weight is 637 g/mol. The second kappa shape index (κ2) is 11.6. The zero-order valence-corrected chi connectivity index (χ0v) is 29.5. The first kappa shape index (κ1) is 34.0. The molecule has 0 aromatic heterocycles. The van der Waals surface area contributed by atoms with Crippen LogP contribution in [0.4, 0.5) is 0 Å². The van der Waals surface area contributed by atoms with Crippen molar-refractivity contribution in [2.75, 3.05) is 19.8 Å². The molecule has 1 aromatic rings. The van der Waals surface area contributed by atoms with Gasteiger partial charge in [-0.15, -0.1) is 0 Å². The number of allylic oxidation sites excluding steroid dienone is 2. The third-order valence-electron chi connectivity index (χ3n) is 15.2. The standard InChI is InChI=1S/C40H60O6/c1-35(2)23-29-28-13-14-31-37(4)17-16-32(42)38(5,25-41)30(37)15-18-40(31,7)39(28,6)20-19-36(29,3)33(24-35)46-22-8-21-45-27-11-9-26(10-12-27)34(43)44/h9-13,29-33,41-42H,8,14-25H2,1-7H3,(H,43,44)/t29-,30+,31+,32-,33+,36+,37-,38+,39+,40+/m0/s1. The molecule has 6 rings (SSSR count). The number of ether oxygens (including phenoxy) is 2. The lowest BCUT2D eigenvalue weighted by Crippen LogP contribution is -2.66. The molecular weight excluding hydrogens is 576 g/mol. The summed E-state index contributed by atoms with van der Waals surface area (Å²) < 4.78 is 12.7. The van der Waals surface area contributed by atoms with Gasteiger partial charge in [-0.1, -0.05) is 60.1 Å². The Morgan fingerprint density at radius 3 is 2.26 bits per heavy atom. The summed E-state index contributed by atoms with van der Waals surface area (Å²) in [5, 5.41) is 30.8. The second-order valence-electron chi connectivity index (χ2n) is 18.0. The highest BCUT2D eigenvalue weighted by Crippen LogP contribution is 2.75. The summed E-state index contributed by atoms with van der Waals surface area (Å²) >= 11 is 0. The largest absolute Gasteiger partial charge is 0.494 e. The van der Waals surface area contributed by atoms with E-state index in [4.69, 9.17) is 14.6 Å². The molecule has 4 saturated carbocycles. The van der Waals surface area contributed by atoms with Crippen LogP contribution in [0.1, 0.15) is 123 Å². The molecule has 0 saturated heterocycles. The quantitative estimate of drug-likeness (QED) is 0.196. The molecule has 5 aliphatic rings. The van der Waals surface area contributed by atoms with Gasteiger partial charge in [-0.2, -0.15) is 0 Å². The summed E-state index contributed by atoms with van der Waals surface area (Å²) in [6.45, 7) is 18.5. The van der Waals surface area contributed by atoms with Crippen molar-refractivity contribution in [1.29, 1.82) is 0 Å². The molecule has 6 nitrogen and oxygen atoms in total. The first-order valence-corrected chi connectivity index (χ1v) is 18.1. The SMILES string of the molecule is CC1(C)C[C@@H](OCCCOc2ccc(C(=O)O)cc2)[C@]2(C)CC[C@]3(C)C(=CC[C@@H]4[C@@]5(C)CC[C@H](O)[C@](C)(CO)[C@@H]5CC[C@]43C)[C@@H]2C1. The molecule has 10 atom stereocenters. The van der Waals surface area contributed by atoms with Crippen molar-refractivity contribution in [1.82, 2.24) is 0 Å². The summed E-state index contributed by atoms with van der Waals surface area (Å²) in [7, 11) is 0. The summed E-state index contributed by atoms with van der Waals surface area (Å²) in [4.78, 5) is 11.1. The number of hydrogen-bond acceptors (Lipinski definition) is 5. The van der Waals surface area contributed by atoms with Crippen molar-refractivity contribution in [3.8, 4) is 5.75 Å². The molecule has 0 bridgehead atoms. The minimum absolute atomic E-state index is 0.0686. The van der Waals surface area contributed by atoms with Gasteiger partial charge >= 0.3 is 5.97 Å². The van der Waals surface area contributed by atoms with Crippen molar-refractivity contribution in [2.24, 2.45) is 50.2 Å². The van der Waals surface area contributed by atoms with Gasteiger partial charge in [0.25, 0.3) is 0 Å². The monoisotopic (exact) mass is 636 g/mol. The van der Waals surface area contributed by atoms with Crippen molar-refractivity contribution in [3.05, 3.63) is 41.5 Å². The molecule has 4 fully saturated rings. The lowest BCUT2D eigenvalue weighted by atomic mass is 9.33. The highest BCUT2D eigenvalue weighted by molar-refractivity contribution is 5.87. The van der Waals surface area contributed by atoms with Crippen molar-refractivity contribution < 1.29 is 29.6 Å². The number of benzene rings is 1. The van der Waals surface area contributed by atoms with Gasteiger partial charge in [-0.05, 0) is 121 Å². The van der Waals surface area contributed by atoms with Crippen LogP contribution in [0.25, 0.3) is 0 Å². The van der Waals surface area contributed by atoms with E-state index < -0.39 is 17.5 Å². The Hall–Kier alpha value is -1.89. The Labute approximate surface area is 277 Å². The molecule has 256 valence electrons. The Bertz CT molecular complexity index is 1340. The maximum Gasteiger partial charge on any atom is 0.335 e. The van der Waals surface area contributed by atoms with Gasteiger partial charge in [0.05, 0.1) is 37.6 Å². The first-order chi connectivity index (χ1) is 21.5. The fraction of sp³-hybridized carbons (Fsp3) is 0.775. The number of carboxylic acid groups (broad SMARTS) is 1. The van der Waals surface area contributed by atoms with Crippen molar-refractivity contribution in [3.63, 3.8) is 0 Å². The predicted octanol–water partition coefficient (Wildman–Crippen LogP) is 8.30. The van der Waals surface area contributed by atoms with Gasteiger partial charge in [-0.25, -0.2) is 4.79 Å². The van der Waals surface area contributed by atoms with Crippen LogP contribution in [0, 0.1) is 50.2 Å². The van der Waals surface area contributed by atoms with E-state index in [0.717, 1.165) is 38.5 Å². The van der Waals surface area contributed by atoms with E-state index >= 15 is 0 Å². The summed E-state index contributed by atoms with van der Waals surface area (Å²) in [6.07, 6.45) is 13.1. The van der Waals surface area contributed by atoms with E-state index in [-0.39, 0.29) is 45.3 Å². The molecule has 1 aromatic carbocycles. The zero-order chi connectivity index (χ0) is 33.3. The second-order valence-corrected chi connectivity index (χ2v) is 18.0. The molecule has 46 heavy (non-hydrogen) atoms. The summed E-state index contributed by atoms with van der Waals surface area (Å²) in [6, 6.07) is 6.60. The Morgan fingerprint density at radius 2 is 1.59 bits per heavy atom. The maximum absolute atomic E-state index is 11.1. The van der Waals surface area contributed by atoms with Crippen LogP contribution in [-0.2, 0) is 4.74 Å². The van der Waals surface area contributed by atoms with Gasteiger partial charge in [-0.3, -0.25) is 0 Å². The van der Waals surface area contributed by atoms with Gasteiger partial charge in [0, 0.05) is 17.3 Å². The molecule has 0 amide bonds. The van der Waals surface area contributed by atoms with Crippen molar-refractivity contribution >= 4 is 5.97 Å². The van der Waals surface area contributed by atoms with Gasteiger partial charge in [0.2, 0.25) is 0 Å². The molecule has 0 unspecified atom stereocenters. The molecule has 6 heteroatoms. The zero-order valence-electron chi connectivity index (χ0n) is 29.5. The third kappa shape index (κ3) is 5.10. The highest BCUT2D eigenvalue weighted by atomic mass is 16.5. The predicted molar refractivity (Wildman–Crippen MR) is 181 cm³/mol. The minimum atomic E-state index is -0.930. The Kier molecular flexibility index (Phi) is 8.59. The molecule has 0 spiro atoms. The average Bonchev–Trinajstić information content (AvgIpc) is 3.00. The first-order valence-electron chi connectivity index (χ1n) is 18.1. The topological polar surface area (TPSA) is 96.2 Å². The normalized spacial score (nSPS) is 44.5.